The van der Waals surface area contributed by atoms with Crippen LogP contribution >= 0.6 is 11.3 Å². The minimum Gasteiger partial charge on any atom is -0.352 e. The molecule has 5 rings (SSSR count). The topological polar surface area (TPSA) is 66.5 Å². The molecule has 4 aromatic rings. The van der Waals surface area contributed by atoms with Crippen LogP contribution in [0.5, 0.6) is 0 Å². The first-order valence-electron chi connectivity index (χ1n) is 10.7. The second-order valence-electron chi connectivity index (χ2n) is 8.16. The molecule has 0 atom stereocenters. The lowest BCUT2D eigenvalue weighted by atomic mass is 9.97. The fourth-order valence-corrected chi connectivity index (χ4v) is 6.80. The Balaban J connectivity index is 1.21. The van der Waals surface area contributed by atoms with Crippen molar-refractivity contribution in [3.05, 3.63) is 77.7 Å². The summed E-state index contributed by atoms with van der Waals surface area (Å²) in [6.45, 7) is 1.21. The van der Waals surface area contributed by atoms with Gasteiger partial charge in [0.05, 0.1) is 4.90 Å². The van der Waals surface area contributed by atoms with Gasteiger partial charge in [-0.05, 0) is 58.1 Å². The van der Waals surface area contributed by atoms with Crippen LogP contribution in [0.2, 0.25) is 0 Å². The van der Waals surface area contributed by atoms with Crippen molar-refractivity contribution >= 4 is 48.1 Å². The molecule has 32 heavy (non-hydrogen) atoms. The van der Waals surface area contributed by atoms with E-state index in [1.165, 1.54) is 14.4 Å². The number of piperidine rings is 1. The van der Waals surface area contributed by atoms with Crippen molar-refractivity contribution < 1.29 is 13.2 Å². The molecule has 1 N–H and O–H groups in total. The van der Waals surface area contributed by atoms with Crippen LogP contribution in [0, 0.1) is 5.92 Å². The molecule has 0 radical (unpaired) electrons. The molecule has 5 nitrogen and oxygen atoms in total. The summed E-state index contributed by atoms with van der Waals surface area (Å²) in [6.07, 6.45) is 1.06. The number of rotatable bonds is 5. The fourth-order valence-electron chi connectivity index (χ4n) is 4.33. The van der Waals surface area contributed by atoms with Gasteiger partial charge in [-0.15, -0.1) is 11.3 Å². The van der Waals surface area contributed by atoms with Gasteiger partial charge in [-0.3, -0.25) is 4.79 Å². The van der Waals surface area contributed by atoms with E-state index < -0.39 is 10.0 Å². The molecule has 0 bridgehead atoms. The van der Waals surface area contributed by atoms with E-state index in [0.717, 1.165) is 16.3 Å². The number of carbonyl (C=O) groups excluding carboxylic acids is 1. The Morgan fingerprint density at radius 2 is 1.69 bits per heavy atom. The number of thiophene rings is 1. The second-order valence-corrected chi connectivity index (χ2v) is 11.0. The van der Waals surface area contributed by atoms with Crippen molar-refractivity contribution in [2.24, 2.45) is 5.92 Å². The summed E-state index contributed by atoms with van der Waals surface area (Å²) in [7, 11) is -3.57. The Morgan fingerprint density at radius 3 is 2.50 bits per heavy atom. The number of hydrogen-bond donors (Lipinski definition) is 1. The van der Waals surface area contributed by atoms with Gasteiger partial charge in [0.1, 0.15) is 0 Å². The van der Waals surface area contributed by atoms with E-state index in [1.54, 1.807) is 23.5 Å². The van der Waals surface area contributed by atoms with Gasteiger partial charge in [-0.2, -0.15) is 4.31 Å². The first kappa shape index (κ1) is 21.1. The van der Waals surface area contributed by atoms with Gasteiger partial charge in [0.25, 0.3) is 0 Å². The SMILES string of the molecule is O=C(NCc1csc2ccccc12)C1CCN(S(=O)(=O)c2ccc3ccccc3c2)CC1. The Labute approximate surface area is 191 Å². The summed E-state index contributed by atoms with van der Waals surface area (Å²) in [5.41, 5.74) is 1.12. The summed E-state index contributed by atoms with van der Waals surface area (Å²) >= 11 is 1.68. The molecule has 0 aliphatic carbocycles. The Kier molecular flexibility index (Phi) is 5.71. The number of amides is 1. The van der Waals surface area contributed by atoms with Crippen LogP contribution in [-0.4, -0.2) is 31.7 Å². The molecule has 1 aliphatic rings. The van der Waals surface area contributed by atoms with Crippen LogP contribution in [0.3, 0.4) is 0 Å². The van der Waals surface area contributed by atoms with E-state index in [4.69, 9.17) is 0 Å². The van der Waals surface area contributed by atoms with Gasteiger partial charge >= 0.3 is 0 Å². The zero-order chi connectivity index (χ0) is 22.1. The summed E-state index contributed by atoms with van der Waals surface area (Å²) in [5, 5.41) is 8.23. The highest BCUT2D eigenvalue weighted by atomic mass is 32.2. The highest BCUT2D eigenvalue weighted by molar-refractivity contribution is 7.89. The molecule has 1 aliphatic heterocycles. The molecule has 3 aromatic carbocycles. The molecule has 7 heteroatoms. The molecule has 0 unspecified atom stereocenters. The van der Waals surface area contributed by atoms with Crippen molar-refractivity contribution in [1.82, 2.24) is 9.62 Å². The first-order chi connectivity index (χ1) is 15.5. The maximum absolute atomic E-state index is 13.1. The number of carbonyl (C=O) groups is 1. The average Bonchev–Trinajstić information content (AvgIpc) is 3.25. The normalized spacial score (nSPS) is 15.9. The van der Waals surface area contributed by atoms with Crippen molar-refractivity contribution in [2.75, 3.05) is 13.1 Å². The molecule has 0 spiro atoms. The summed E-state index contributed by atoms with van der Waals surface area (Å²) in [4.78, 5) is 13.0. The number of sulfonamides is 1. The smallest absolute Gasteiger partial charge is 0.243 e. The van der Waals surface area contributed by atoms with Crippen LogP contribution in [0.15, 0.2) is 77.0 Å². The molecular formula is C25H24N2O3S2. The van der Waals surface area contributed by atoms with Crippen molar-refractivity contribution in [1.29, 1.82) is 0 Å². The third-order valence-electron chi connectivity index (χ3n) is 6.20. The quantitative estimate of drug-likeness (QED) is 0.463. The van der Waals surface area contributed by atoms with Gasteiger partial charge in [0.2, 0.25) is 15.9 Å². The number of benzene rings is 3. The maximum Gasteiger partial charge on any atom is 0.243 e. The van der Waals surface area contributed by atoms with Crippen molar-refractivity contribution in [3.8, 4) is 0 Å². The van der Waals surface area contributed by atoms with E-state index in [0.29, 0.717) is 37.4 Å². The van der Waals surface area contributed by atoms with Gasteiger partial charge in [0, 0.05) is 30.3 Å². The van der Waals surface area contributed by atoms with Crippen LogP contribution < -0.4 is 5.32 Å². The van der Waals surface area contributed by atoms with Crippen LogP contribution in [0.1, 0.15) is 18.4 Å². The van der Waals surface area contributed by atoms with Crippen molar-refractivity contribution in [2.45, 2.75) is 24.3 Å². The predicted molar refractivity (Wildman–Crippen MR) is 129 cm³/mol. The molecule has 1 aromatic heterocycles. The van der Waals surface area contributed by atoms with Crippen molar-refractivity contribution in [3.63, 3.8) is 0 Å². The van der Waals surface area contributed by atoms with Gasteiger partial charge in [-0.1, -0.05) is 48.5 Å². The summed E-state index contributed by atoms with van der Waals surface area (Å²) in [6, 6.07) is 21.1. The lowest BCUT2D eigenvalue weighted by Crippen LogP contribution is -2.42. The van der Waals surface area contributed by atoms with E-state index in [-0.39, 0.29) is 11.8 Å². The number of fused-ring (bicyclic) bond motifs is 2. The third kappa shape index (κ3) is 4.03. The molecular weight excluding hydrogens is 440 g/mol. The monoisotopic (exact) mass is 464 g/mol. The van der Waals surface area contributed by atoms with Gasteiger partial charge < -0.3 is 5.32 Å². The van der Waals surface area contributed by atoms with Crippen LogP contribution in [-0.2, 0) is 21.4 Å². The highest BCUT2D eigenvalue weighted by Crippen LogP contribution is 2.28. The average molecular weight is 465 g/mol. The van der Waals surface area contributed by atoms with Crippen LogP contribution in [0.4, 0.5) is 0 Å². The summed E-state index contributed by atoms with van der Waals surface area (Å²) in [5.74, 6) is -0.161. The molecule has 164 valence electrons. The second kappa shape index (κ2) is 8.65. The highest BCUT2D eigenvalue weighted by Gasteiger charge is 2.32. The van der Waals surface area contributed by atoms with E-state index in [9.17, 15) is 13.2 Å². The Morgan fingerprint density at radius 1 is 0.969 bits per heavy atom. The first-order valence-corrected chi connectivity index (χ1v) is 13.1. The molecule has 1 fully saturated rings. The standard InChI is InChI=1S/C25H24N2O3S2/c28-25(26-16-21-17-31-24-8-4-3-7-23(21)24)19-11-13-27(14-12-19)32(29,30)22-10-9-18-5-1-2-6-20(18)15-22/h1-10,15,17,19H,11-14,16H2,(H,26,28). The Bertz CT molecular complexity index is 1390. The maximum atomic E-state index is 13.1. The summed E-state index contributed by atoms with van der Waals surface area (Å²) < 4.78 is 29.0. The molecule has 0 saturated carbocycles. The largest absolute Gasteiger partial charge is 0.352 e. The van der Waals surface area contributed by atoms with Gasteiger partial charge in [-0.25, -0.2) is 8.42 Å². The van der Waals surface area contributed by atoms with Crippen LogP contribution in [0.25, 0.3) is 20.9 Å². The Hall–Kier alpha value is -2.74. The number of nitrogens with zero attached hydrogens (tertiary/aromatic N) is 1. The predicted octanol–water partition coefficient (Wildman–Crippen LogP) is 4.77. The number of hydrogen-bond acceptors (Lipinski definition) is 4. The third-order valence-corrected chi connectivity index (χ3v) is 9.10. The molecule has 1 amide bonds. The zero-order valence-electron chi connectivity index (χ0n) is 17.5. The molecule has 1 saturated heterocycles. The zero-order valence-corrected chi connectivity index (χ0v) is 19.2. The van der Waals surface area contributed by atoms with E-state index in [2.05, 4.69) is 22.8 Å². The fraction of sp³-hybridized carbons (Fsp3) is 0.240. The number of nitrogens with one attached hydrogen (secondary N) is 1. The minimum atomic E-state index is -3.57. The molecule has 2 heterocycles. The lowest BCUT2D eigenvalue weighted by Gasteiger charge is -2.30. The van der Waals surface area contributed by atoms with Gasteiger partial charge in [0.15, 0.2) is 0 Å². The van der Waals surface area contributed by atoms with E-state index >= 15 is 0 Å². The lowest BCUT2D eigenvalue weighted by molar-refractivity contribution is -0.126. The minimum absolute atomic E-state index is 0.00281. The van der Waals surface area contributed by atoms with E-state index in [1.807, 2.05) is 42.5 Å².